The Labute approximate surface area is 138 Å². The Morgan fingerprint density at radius 1 is 1.00 bits per heavy atom. The predicted octanol–water partition coefficient (Wildman–Crippen LogP) is 3.34. The molecule has 1 aromatic heterocycles. The summed E-state index contributed by atoms with van der Waals surface area (Å²) in [6.45, 7) is 0. The molecule has 0 saturated carbocycles. The molecular formula is C18H13N5O. The van der Waals surface area contributed by atoms with Crippen LogP contribution in [0.25, 0.3) is 0 Å². The van der Waals surface area contributed by atoms with Crippen LogP contribution in [0.1, 0.15) is 16.1 Å². The van der Waals surface area contributed by atoms with E-state index in [1.165, 1.54) is 12.4 Å². The number of anilines is 3. The van der Waals surface area contributed by atoms with Gasteiger partial charge in [0.2, 0.25) is 0 Å². The number of nitrogens with zero attached hydrogens (tertiary/aromatic N) is 3. The first-order valence-electron chi connectivity index (χ1n) is 7.21. The highest BCUT2D eigenvalue weighted by atomic mass is 16.1. The Balaban J connectivity index is 1.79. The molecule has 0 saturated heterocycles. The molecule has 3 aromatic rings. The average molecular weight is 315 g/mol. The largest absolute Gasteiger partial charge is 0.339 e. The highest BCUT2D eigenvalue weighted by Crippen LogP contribution is 2.19. The van der Waals surface area contributed by atoms with Gasteiger partial charge < -0.3 is 10.6 Å². The molecule has 0 unspecified atom stereocenters. The summed E-state index contributed by atoms with van der Waals surface area (Å²) in [5.74, 6) is 0.103. The van der Waals surface area contributed by atoms with Gasteiger partial charge in [-0.15, -0.1) is 0 Å². The fourth-order valence-corrected chi connectivity index (χ4v) is 2.09. The van der Waals surface area contributed by atoms with Crippen molar-refractivity contribution in [2.75, 3.05) is 10.6 Å². The monoisotopic (exact) mass is 315 g/mol. The van der Waals surface area contributed by atoms with E-state index in [0.717, 1.165) is 0 Å². The van der Waals surface area contributed by atoms with Crippen molar-refractivity contribution < 1.29 is 4.79 Å². The number of carbonyl (C=O) groups is 1. The number of carbonyl (C=O) groups excluding carboxylic acids is 1. The van der Waals surface area contributed by atoms with Crippen molar-refractivity contribution in [1.29, 1.82) is 5.26 Å². The lowest BCUT2D eigenvalue weighted by Crippen LogP contribution is -2.14. The maximum Gasteiger partial charge on any atom is 0.274 e. The van der Waals surface area contributed by atoms with Gasteiger partial charge >= 0.3 is 0 Å². The van der Waals surface area contributed by atoms with Crippen LogP contribution >= 0.6 is 0 Å². The standard InChI is InChI=1S/C18H13N5O/c19-11-13-6-4-5-9-15(13)23-17-10-16(20-12-21-17)18(24)22-14-7-2-1-3-8-14/h1-10,12H,(H,22,24)(H,20,21,23). The normalized spacial score (nSPS) is 9.79. The van der Waals surface area contributed by atoms with E-state index >= 15 is 0 Å². The molecule has 0 radical (unpaired) electrons. The Kier molecular flexibility index (Phi) is 4.45. The number of benzene rings is 2. The van der Waals surface area contributed by atoms with Crippen LogP contribution in [0, 0.1) is 11.3 Å². The molecule has 0 aliphatic rings. The number of hydrogen-bond acceptors (Lipinski definition) is 5. The molecule has 0 atom stereocenters. The average Bonchev–Trinajstić information content (AvgIpc) is 2.63. The third-order valence-corrected chi connectivity index (χ3v) is 3.24. The van der Waals surface area contributed by atoms with Gasteiger partial charge in [0.25, 0.3) is 5.91 Å². The SMILES string of the molecule is N#Cc1ccccc1Nc1cc(C(=O)Nc2ccccc2)ncn1. The van der Waals surface area contributed by atoms with Crippen molar-refractivity contribution in [2.45, 2.75) is 0 Å². The summed E-state index contributed by atoms with van der Waals surface area (Å²) < 4.78 is 0. The minimum Gasteiger partial charge on any atom is -0.339 e. The van der Waals surface area contributed by atoms with Crippen molar-refractivity contribution in [3.63, 3.8) is 0 Å². The zero-order valence-corrected chi connectivity index (χ0v) is 12.6. The van der Waals surface area contributed by atoms with Crippen LogP contribution in [0.3, 0.4) is 0 Å². The quantitative estimate of drug-likeness (QED) is 0.770. The van der Waals surface area contributed by atoms with E-state index in [-0.39, 0.29) is 11.6 Å². The Bertz CT molecular complexity index is 903. The van der Waals surface area contributed by atoms with Gasteiger partial charge in [-0.3, -0.25) is 4.79 Å². The Hall–Kier alpha value is -3.72. The highest BCUT2D eigenvalue weighted by Gasteiger charge is 2.10. The van der Waals surface area contributed by atoms with Crippen molar-refractivity contribution in [1.82, 2.24) is 9.97 Å². The van der Waals surface area contributed by atoms with Gasteiger partial charge in [-0.25, -0.2) is 9.97 Å². The van der Waals surface area contributed by atoms with E-state index in [1.807, 2.05) is 24.3 Å². The molecule has 24 heavy (non-hydrogen) atoms. The summed E-state index contributed by atoms with van der Waals surface area (Å²) in [7, 11) is 0. The molecule has 1 heterocycles. The van der Waals surface area contributed by atoms with Crippen molar-refractivity contribution >= 4 is 23.1 Å². The summed E-state index contributed by atoms with van der Waals surface area (Å²) in [5, 5.41) is 14.9. The topological polar surface area (TPSA) is 90.7 Å². The predicted molar refractivity (Wildman–Crippen MR) is 90.9 cm³/mol. The number of rotatable bonds is 4. The van der Waals surface area contributed by atoms with Crippen LogP contribution in [0.4, 0.5) is 17.2 Å². The first-order chi connectivity index (χ1) is 11.8. The van der Waals surface area contributed by atoms with E-state index in [4.69, 9.17) is 5.26 Å². The van der Waals surface area contributed by atoms with Gasteiger partial charge in [0.1, 0.15) is 23.9 Å². The number of aromatic nitrogens is 2. The maximum absolute atomic E-state index is 12.3. The molecule has 0 aliphatic carbocycles. The summed E-state index contributed by atoms with van der Waals surface area (Å²) in [5.41, 5.74) is 2.02. The lowest BCUT2D eigenvalue weighted by atomic mass is 10.2. The summed E-state index contributed by atoms with van der Waals surface area (Å²) >= 11 is 0. The minimum absolute atomic E-state index is 0.228. The number of amides is 1. The molecule has 116 valence electrons. The summed E-state index contributed by atoms with van der Waals surface area (Å²) in [6.07, 6.45) is 1.30. The highest BCUT2D eigenvalue weighted by molar-refractivity contribution is 6.03. The van der Waals surface area contributed by atoms with Gasteiger partial charge in [-0.1, -0.05) is 30.3 Å². The molecule has 6 nitrogen and oxygen atoms in total. The minimum atomic E-state index is -0.333. The van der Waals surface area contributed by atoms with Gasteiger partial charge in [0, 0.05) is 11.8 Å². The molecule has 0 fully saturated rings. The van der Waals surface area contributed by atoms with Gasteiger partial charge in [-0.2, -0.15) is 5.26 Å². The van der Waals surface area contributed by atoms with Crippen LogP contribution < -0.4 is 10.6 Å². The lowest BCUT2D eigenvalue weighted by Gasteiger charge is -2.08. The Morgan fingerprint density at radius 3 is 2.54 bits per heavy atom. The van der Waals surface area contributed by atoms with Crippen LogP contribution in [0.15, 0.2) is 67.0 Å². The third kappa shape index (κ3) is 3.54. The number of nitriles is 1. The summed E-state index contributed by atoms with van der Waals surface area (Å²) in [4.78, 5) is 20.3. The Morgan fingerprint density at radius 2 is 1.75 bits per heavy atom. The van der Waals surface area contributed by atoms with Crippen molar-refractivity contribution in [3.05, 3.63) is 78.2 Å². The van der Waals surface area contributed by atoms with Crippen LogP contribution in [0.5, 0.6) is 0 Å². The van der Waals surface area contributed by atoms with E-state index in [9.17, 15) is 4.79 Å². The number of hydrogen-bond donors (Lipinski definition) is 2. The second-order valence-corrected chi connectivity index (χ2v) is 4.89. The first-order valence-corrected chi connectivity index (χ1v) is 7.21. The third-order valence-electron chi connectivity index (χ3n) is 3.24. The molecule has 0 bridgehead atoms. The molecular weight excluding hydrogens is 302 g/mol. The maximum atomic E-state index is 12.3. The van der Waals surface area contributed by atoms with E-state index in [0.29, 0.717) is 22.8 Å². The number of nitrogens with one attached hydrogen (secondary N) is 2. The van der Waals surface area contributed by atoms with Crippen LogP contribution in [-0.4, -0.2) is 15.9 Å². The van der Waals surface area contributed by atoms with E-state index in [2.05, 4.69) is 26.7 Å². The molecule has 0 aliphatic heterocycles. The molecule has 3 rings (SSSR count). The molecule has 2 N–H and O–H groups in total. The number of para-hydroxylation sites is 2. The second kappa shape index (κ2) is 7.03. The van der Waals surface area contributed by atoms with Gasteiger partial charge in [0.15, 0.2) is 0 Å². The fourth-order valence-electron chi connectivity index (χ4n) is 2.09. The second-order valence-electron chi connectivity index (χ2n) is 4.89. The lowest BCUT2D eigenvalue weighted by molar-refractivity contribution is 0.102. The van der Waals surface area contributed by atoms with Crippen molar-refractivity contribution in [2.24, 2.45) is 0 Å². The van der Waals surface area contributed by atoms with Crippen LogP contribution in [-0.2, 0) is 0 Å². The van der Waals surface area contributed by atoms with Gasteiger partial charge in [-0.05, 0) is 24.3 Å². The zero-order valence-electron chi connectivity index (χ0n) is 12.6. The smallest absolute Gasteiger partial charge is 0.274 e. The zero-order chi connectivity index (χ0) is 16.8. The summed E-state index contributed by atoms with van der Waals surface area (Å²) in [6, 6.07) is 19.8. The van der Waals surface area contributed by atoms with Gasteiger partial charge in [0.05, 0.1) is 11.3 Å². The van der Waals surface area contributed by atoms with Crippen LogP contribution in [0.2, 0.25) is 0 Å². The fraction of sp³-hybridized carbons (Fsp3) is 0. The molecule has 2 aromatic carbocycles. The van der Waals surface area contributed by atoms with Crippen molar-refractivity contribution in [3.8, 4) is 6.07 Å². The van der Waals surface area contributed by atoms with E-state index < -0.39 is 0 Å². The first kappa shape index (κ1) is 15.2. The van der Waals surface area contributed by atoms with E-state index in [1.54, 1.807) is 30.3 Å². The molecule has 1 amide bonds. The molecule has 0 spiro atoms. The molecule has 6 heteroatoms.